The molecule has 0 aliphatic heterocycles. The van der Waals surface area contributed by atoms with E-state index in [1.54, 1.807) is 12.1 Å². The normalized spacial score (nSPS) is 11.2. The molecule has 0 aromatic heterocycles. The van der Waals surface area contributed by atoms with E-state index in [1.807, 2.05) is 43.5 Å². The summed E-state index contributed by atoms with van der Waals surface area (Å²) in [5, 5.41) is 5.30. The Morgan fingerprint density at radius 1 is 1.17 bits per heavy atom. The number of hydrogen-bond donors (Lipinski definition) is 1. The molecule has 0 fully saturated rings. The number of rotatable bonds is 5. The number of ether oxygens (including phenoxy) is 1. The summed E-state index contributed by atoms with van der Waals surface area (Å²) < 4.78 is 6.39. The fraction of sp³-hybridized carbons (Fsp3) is 0.176. The Bertz CT molecular complexity index is 749. The van der Waals surface area contributed by atoms with Crippen LogP contribution in [-0.4, -0.2) is 16.3 Å². The highest BCUT2D eigenvalue weighted by Crippen LogP contribution is 2.23. The average Bonchev–Trinajstić information content (AvgIpc) is 2.60. The second-order valence-electron chi connectivity index (χ2n) is 4.86. The lowest BCUT2D eigenvalue weighted by Crippen LogP contribution is -2.13. The summed E-state index contributed by atoms with van der Waals surface area (Å²) in [4.78, 5) is 0. The van der Waals surface area contributed by atoms with Crippen LogP contribution in [0.3, 0.4) is 0 Å². The molecule has 0 bridgehead atoms. The second kappa shape index (κ2) is 9.28. The fourth-order valence-electron chi connectivity index (χ4n) is 1.83. The van der Waals surface area contributed by atoms with Crippen LogP contribution in [0.4, 0.5) is 0 Å². The first-order valence-electron chi connectivity index (χ1n) is 7.05. The van der Waals surface area contributed by atoms with Gasteiger partial charge in [-0.1, -0.05) is 53.2 Å². The van der Waals surface area contributed by atoms with Crippen molar-refractivity contribution in [3.63, 3.8) is 0 Å². The molecule has 0 aliphatic rings. The number of hydrazone groups is 1. The van der Waals surface area contributed by atoms with Crippen LogP contribution < -0.4 is 10.2 Å². The summed E-state index contributed by atoms with van der Waals surface area (Å²) in [5.41, 5.74) is 5.63. The van der Waals surface area contributed by atoms with Crippen LogP contribution in [0.1, 0.15) is 18.1 Å². The highest BCUT2D eigenvalue weighted by molar-refractivity contribution is 8.22. The highest BCUT2D eigenvalue weighted by Gasteiger charge is 2.02. The van der Waals surface area contributed by atoms with Crippen LogP contribution in [0.25, 0.3) is 0 Å². The number of nitrogens with one attached hydrogen (secondary N) is 1. The molecular weight excluding hydrogens is 383 g/mol. The molecule has 0 radical (unpaired) electrons. The lowest BCUT2D eigenvalue weighted by atomic mass is 10.1. The maximum Gasteiger partial charge on any atom is 0.153 e. The van der Waals surface area contributed by atoms with Gasteiger partial charge in [-0.05, 0) is 60.7 Å². The number of thiocarbonyl (C=S) groups is 1. The summed E-state index contributed by atoms with van der Waals surface area (Å²) in [7, 11) is 0. The van der Waals surface area contributed by atoms with Crippen LogP contribution in [0.2, 0.25) is 10.0 Å². The quantitative estimate of drug-likeness (QED) is 0.407. The van der Waals surface area contributed by atoms with Crippen LogP contribution in [-0.2, 0) is 6.61 Å². The summed E-state index contributed by atoms with van der Waals surface area (Å²) in [5.74, 6) is 0.769. The molecule has 0 spiro atoms. The fourth-order valence-corrected chi connectivity index (χ4v) is 2.33. The van der Waals surface area contributed by atoms with Crippen LogP contribution in [0, 0.1) is 0 Å². The van der Waals surface area contributed by atoms with Crippen molar-refractivity contribution >= 4 is 57.2 Å². The van der Waals surface area contributed by atoms with E-state index in [-0.39, 0.29) is 0 Å². The second-order valence-corrected chi connectivity index (χ2v) is 7.16. The lowest BCUT2D eigenvalue weighted by molar-refractivity contribution is 0.306. The standard InChI is InChI=1S/C17H16Cl2N2OS2/c1-11(20-21-17(23)24-2)13-4-6-14(7-5-13)22-10-12-3-8-15(18)16(19)9-12/h3-9H,10H2,1-2H3,(H,21,23)/b20-11+. The molecule has 0 saturated heterocycles. The number of nitrogens with zero attached hydrogens (tertiary/aromatic N) is 1. The molecule has 2 aromatic carbocycles. The van der Waals surface area contributed by atoms with Crippen molar-refractivity contribution in [1.82, 2.24) is 5.43 Å². The Labute approximate surface area is 161 Å². The van der Waals surface area contributed by atoms with Crippen molar-refractivity contribution in [2.24, 2.45) is 5.10 Å². The number of benzene rings is 2. The molecule has 24 heavy (non-hydrogen) atoms. The Morgan fingerprint density at radius 2 is 1.88 bits per heavy atom. The zero-order valence-corrected chi connectivity index (χ0v) is 16.3. The van der Waals surface area contributed by atoms with Gasteiger partial charge in [0.05, 0.1) is 15.8 Å². The minimum absolute atomic E-state index is 0.423. The van der Waals surface area contributed by atoms with Crippen molar-refractivity contribution in [3.05, 3.63) is 63.6 Å². The van der Waals surface area contributed by atoms with Gasteiger partial charge in [0.25, 0.3) is 0 Å². The van der Waals surface area contributed by atoms with Gasteiger partial charge in [0.2, 0.25) is 0 Å². The smallest absolute Gasteiger partial charge is 0.153 e. The average molecular weight is 399 g/mol. The molecule has 7 heteroatoms. The topological polar surface area (TPSA) is 33.6 Å². The zero-order valence-electron chi connectivity index (χ0n) is 13.2. The Kier molecular flexibility index (Phi) is 7.37. The number of thioether (sulfide) groups is 1. The maximum absolute atomic E-state index is 6.00. The van der Waals surface area contributed by atoms with Crippen molar-refractivity contribution in [1.29, 1.82) is 0 Å². The van der Waals surface area contributed by atoms with Crippen molar-refractivity contribution in [2.45, 2.75) is 13.5 Å². The first kappa shape index (κ1) is 19.1. The molecule has 0 aliphatic carbocycles. The molecule has 2 aromatic rings. The third-order valence-electron chi connectivity index (χ3n) is 3.16. The summed E-state index contributed by atoms with van der Waals surface area (Å²) in [6.07, 6.45) is 1.90. The van der Waals surface area contributed by atoms with Gasteiger partial charge in [-0.3, -0.25) is 5.43 Å². The molecule has 3 nitrogen and oxygen atoms in total. The Hall–Kier alpha value is -1.27. The van der Waals surface area contributed by atoms with E-state index in [0.717, 1.165) is 22.6 Å². The lowest BCUT2D eigenvalue weighted by Gasteiger charge is -2.08. The largest absolute Gasteiger partial charge is 0.489 e. The summed E-state index contributed by atoms with van der Waals surface area (Å²) >= 11 is 18.4. The SMILES string of the molecule is CSC(=S)N/N=C(\C)c1ccc(OCc2ccc(Cl)c(Cl)c2)cc1. The minimum atomic E-state index is 0.423. The molecular formula is C17H16Cl2N2OS2. The molecule has 0 heterocycles. The predicted molar refractivity (Wildman–Crippen MR) is 109 cm³/mol. The zero-order chi connectivity index (χ0) is 17.5. The first-order valence-corrected chi connectivity index (χ1v) is 9.44. The monoisotopic (exact) mass is 398 g/mol. The van der Waals surface area contributed by atoms with E-state index in [9.17, 15) is 0 Å². The third-order valence-corrected chi connectivity index (χ3v) is 4.95. The molecule has 2 rings (SSSR count). The van der Waals surface area contributed by atoms with Crippen LogP contribution >= 0.6 is 47.2 Å². The third kappa shape index (κ3) is 5.67. The van der Waals surface area contributed by atoms with Gasteiger partial charge in [0, 0.05) is 0 Å². The van der Waals surface area contributed by atoms with Gasteiger partial charge in [0.1, 0.15) is 12.4 Å². The molecule has 126 valence electrons. The number of halogens is 2. The van der Waals surface area contributed by atoms with Gasteiger partial charge >= 0.3 is 0 Å². The van der Waals surface area contributed by atoms with Gasteiger partial charge in [-0.2, -0.15) is 5.10 Å². The van der Waals surface area contributed by atoms with E-state index in [2.05, 4.69) is 10.5 Å². The first-order chi connectivity index (χ1) is 11.5. The van der Waals surface area contributed by atoms with Gasteiger partial charge in [-0.15, -0.1) is 0 Å². The highest BCUT2D eigenvalue weighted by atomic mass is 35.5. The number of hydrogen-bond acceptors (Lipinski definition) is 4. The van der Waals surface area contributed by atoms with E-state index < -0.39 is 0 Å². The van der Waals surface area contributed by atoms with Crippen LogP contribution in [0.15, 0.2) is 47.6 Å². The maximum atomic E-state index is 6.00. The van der Waals surface area contributed by atoms with E-state index in [0.29, 0.717) is 21.0 Å². The van der Waals surface area contributed by atoms with E-state index in [1.165, 1.54) is 11.8 Å². The summed E-state index contributed by atoms with van der Waals surface area (Å²) in [6.45, 7) is 2.34. The minimum Gasteiger partial charge on any atom is -0.489 e. The van der Waals surface area contributed by atoms with Gasteiger partial charge in [-0.25, -0.2) is 0 Å². The Morgan fingerprint density at radius 3 is 2.50 bits per heavy atom. The molecule has 0 unspecified atom stereocenters. The van der Waals surface area contributed by atoms with Crippen molar-refractivity contribution in [2.75, 3.05) is 6.26 Å². The molecule has 0 saturated carbocycles. The Balaban J connectivity index is 1.96. The van der Waals surface area contributed by atoms with Crippen LogP contribution in [0.5, 0.6) is 5.75 Å². The van der Waals surface area contributed by atoms with Gasteiger partial charge in [0.15, 0.2) is 4.32 Å². The molecule has 1 N–H and O–H groups in total. The summed E-state index contributed by atoms with van der Waals surface area (Å²) in [6, 6.07) is 13.2. The van der Waals surface area contributed by atoms with E-state index >= 15 is 0 Å². The van der Waals surface area contributed by atoms with Crippen molar-refractivity contribution < 1.29 is 4.74 Å². The van der Waals surface area contributed by atoms with Gasteiger partial charge < -0.3 is 4.74 Å². The molecule has 0 atom stereocenters. The van der Waals surface area contributed by atoms with E-state index in [4.69, 9.17) is 40.2 Å². The van der Waals surface area contributed by atoms with Crippen molar-refractivity contribution in [3.8, 4) is 5.75 Å². The predicted octanol–water partition coefficient (Wildman–Crippen LogP) is 5.53. The molecule has 0 amide bonds.